The average molecular weight is 295 g/mol. The molecule has 0 spiro atoms. The molecule has 1 aliphatic rings. The Morgan fingerprint density at radius 1 is 1.65 bits per heavy atom. The van der Waals surface area contributed by atoms with Gasteiger partial charge in [-0.3, -0.25) is 4.57 Å². The highest BCUT2D eigenvalue weighted by Gasteiger charge is 2.36. The molecule has 0 aliphatic heterocycles. The molecule has 1 aromatic rings. The van der Waals surface area contributed by atoms with Gasteiger partial charge in [0.2, 0.25) is 0 Å². The van der Waals surface area contributed by atoms with Crippen LogP contribution >= 0.6 is 11.8 Å². The predicted octanol–water partition coefficient (Wildman–Crippen LogP) is 1.67. The summed E-state index contributed by atoms with van der Waals surface area (Å²) in [5, 5.41) is 20.2. The first kappa shape index (κ1) is 15.1. The molecule has 0 aromatic carbocycles. The lowest BCUT2D eigenvalue weighted by Gasteiger charge is -2.34. The van der Waals surface area contributed by atoms with Crippen molar-refractivity contribution >= 4 is 11.8 Å². The summed E-state index contributed by atoms with van der Waals surface area (Å²) >= 11 is 1.60. The average Bonchev–Trinajstić information content (AvgIpc) is 2.80. The third-order valence-electron chi connectivity index (χ3n) is 3.86. The lowest BCUT2D eigenvalue weighted by molar-refractivity contribution is 0.323. The molecule has 2 rings (SSSR count). The SMILES string of the molecule is CNC1(C#N)CCCC(Sc2n[nH]c(=O)n2C(C)C)C1. The largest absolute Gasteiger partial charge is 0.344 e. The second-order valence-corrected chi connectivity index (χ2v) is 6.82. The molecule has 6 nitrogen and oxygen atoms in total. The molecule has 2 unspecified atom stereocenters. The molecular formula is C13H21N5OS. The quantitative estimate of drug-likeness (QED) is 0.882. The summed E-state index contributed by atoms with van der Waals surface area (Å²) < 4.78 is 1.67. The molecule has 1 aromatic heterocycles. The highest BCUT2D eigenvalue weighted by molar-refractivity contribution is 7.99. The molecule has 1 heterocycles. The lowest BCUT2D eigenvalue weighted by atomic mass is 9.83. The topological polar surface area (TPSA) is 86.5 Å². The van der Waals surface area contributed by atoms with Crippen molar-refractivity contribution in [1.82, 2.24) is 20.1 Å². The van der Waals surface area contributed by atoms with Crippen LogP contribution in [0.1, 0.15) is 45.6 Å². The van der Waals surface area contributed by atoms with Crippen LogP contribution in [0.25, 0.3) is 0 Å². The van der Waals surface area contributed by atoms with Crippen molar-refractivity contribution in [2.24, 2.45) is 0 Å². The van der Waals surface area contributed by atoms with Crippen LogP contribution in [0.2, 0.25) is 0 Å². The van der Waals surface area contributed by atoms with E-state index in [9.17, 15) is 10.1 Å². The Morgan fingerprint density at radius 2 is 2.40 bits per heavy atom. The molecule has 1 aliphatic carbocycles. The van der Waals surface area contributed by atoms with Gasteiger partial charge in [-0.1, -0.05) is 11.8 Å². The highest BCUT2D eigenvalue weighted by atomic mass is 32.2. The van der Waals surface area contributed by atoms with E-state index < -0.39 is 5.54 Å². The fourth-order valence-corrected chi connectivity index (χ4v) is 4.14. The van der Waals surface area contributed by atoms with Crippen LogP contribution < -0.4 is 11.0 Å². The number of nitrogens with zero attached hydrogens (tertiary/aromatic N) is 3. The highest BCUT2D eigenvalue weighted by Crippen LogP contribution is 2.37. The number of nitriles is 1. The third-order valence-corrected chi connectivity index (χ3v) is 5.09. The van der Waals surface area contributed by atoms with E-state index in [0.29, 0.717) is 5.25 Å². The molecule has 2 N–H and O–H groups in total. The Bertz CT molecular complexity index is 558. The molecule has 1 fully saturated rings. The molecule has 0 radical (unpaired) electrons. The smallest absolute Gasteiger partial charge is 0.302 e. The number of nitrogens with one attached hydrogen (secondary N) is 2. The third kappa shape index (κ3) is 2.91. The lowest BCUT2D eigenvalue weighted by Crippen LogP contribution is -2.46. The van der Waals surface area contributed by atoms with E-state index in [4.69, 9.17) is 0 Å². The maximum Gasteiger partial charge on any atom is 0.344 e. The maximum atomic E-state index is 11.7. The summed E-state index contributed by atoms with van der Waals surface area (Å²) in [6.07, 6.45) is 3.73. The van der Waals surface area contributed by atoms with E-state index in [2.05, 4.69) is 21.6 Å². The summed E-state index contributed by atoms with van der Waals surface area (Å²) in [5.41, 5.74) is -0.603. The number of hydrogen-bond donors (Lipinski definition) is 2. The van der Waals surface area contributed by atoms with Crippen LogP contribution in [-0.4, -0.2) is 32.6 Å². The van der Waals surface area contributed by atoms with Crippen molar-refractivity contribution in [3.05, 3.63) is 10.5 Å². The van der Waals surface area contributed by atoms with Gasteiger partial charge in [0.15, 0.2) is 5.16 Å². The Morgan fingerprint density at radius 3 is 3.00 bits per heavy atom. The summed E-state index contributed by atoms with van der Waals surface area (Å²) in [7, 11) is 1.84. The van der Waals surface area contributed by atoms with Crippen molar-refractivity contribution in [2.75, 3.05) is 7.05 Å². The Hall–Kier alpha value is -1.26. The fourth-order valence-electron chi connectivity index (χ4n) is 2.69. The minimum absolute atomic E-state index is 0.0809. The van der Waals surface area contributed by atoms with Gasteiger partial charge in [-0.15, -0.1) is 5.10 Å². The first-order valence-electron chi connectivity index (χ1n) is 6.95. The second-order valence-electron chi connectivity index (χ2n) is 5.56. The Labute approximate surface area is 122 Å². The Kier molecular flexibility index (Phi) is 4.55. The van der Waals surface area contributed by atoms with Gasteiger partial charge in [-0.25, -0.2) is 9.89 Å². The van der Waals surface area contributed by atoms with Crippen LogP contribution in [-0.2, 0) is 0 Å². The van der Waals surface area contributed by atoms with Gasteiger partial charge >= 0.3 is 5.69 Å². The van der Waals surface area contributed by atoms with E-state index in [-0.39, 0.29) is 11.7 Å². The number of aromatic nitrogens is 3. The minimum atomic E-state index is -0.435. The summed E-state index contributed by atoms with van der Waals surface area (Å²) in [4.78, 5) is 11.7. The molecule has 0 bridgehead atoms. The number of aromatic amines is 1. The fraction of sp³-hybridized carbons (Fsp3) is 0.769. The van der Waals surface area contributed by atoms with Crippen LogP contribution in [0.4, 0.5) is 0 Å². The molecule has 1 saturated carbocycles. The van der Waals surface area contributed by atoms with E-state index >= 15 is 0 Å². The maximum absolute atomic E-state index is 11.7. The van der Waals surface area contributed by atoms with Crippen LogP contribution in [0.3, 0.4) is 0 Å². The molecule has 7 heteroatoms. The summed E-state index contributed by atoms with van der Waals surface area (Å²) in [6, 6.07) is 2.49. The van der Waals surface area contributed by atoms with Crippen molar-refractivity contribution in [3.63, 3.8) is 0 Å². The monoisotopic (exact) mass is 295 g/mol. The van der Waals surface area contributed by atoms with Gasteiger partial charge in [0.1, 0.15) is 5.54 Å². The van der Waals surface area contributed by atoms with E-state index in [1.165, 1.54) is 0 Å². The summed E-state index contributed by atoms with van der Waals surface area (Å²) in [5.74, 6) is 0. The summed E-state index contributed by atoms with van der Waals surface area (Å²) in [6.45, 7) is 3.93. The van der Waals surface area contributed by atoms with Gasteiger partial charge < -0.3 is 5.32 Å². The van der Waals surface area contributed by atoms with Crippen molar-refractivity contribution in [3.8, 4) is 6.07 Å². The molecule has 110 valence electrons. The molecule has 0 saturated heterocycles. The zero-order chi connectivity index (χ0) is 14.8. The molecule has 20 heavy (non-hydrogen) atoms. The predicted molar refractivity (Wildman–Crippen MR) is 78.7 cm³/mol. The van der Waals surface area contributed by atoms with E-state index in [1.54, 1.807) is 16.3 Å². The van der Waals surface area contributed by atoms with Gasteiger partial charge in [0, 0.05) is 11.3 Å². The first-order chi connectivity index (χ1) is 9.51. The van der Waals surface area contributed by atoms with Crippen LogP contribution in [0, 0.1) is 11.3 Å². The van der Waals surface area contributed by atoms with Crippen molar-refractivity contribution in [2.45, 2.75) is 61.5 Å². The number of hydrogen-bond acceptors (Lipinski definition) is 5. The van der Waals surface area contributed by atoms with Gasteiger partial charge in [0.05, 0.1) is 6.07 Å². The Balaban J connectivity index is 2.15. The van der Waals surface area contributed by atoms with Gasteiger partial charge in [-0.05, 0) is 46.6 Å². The molecule has 2 atom stereocenters. The van der Waals surface area contributed by atoms with E-state index in [0.717, 1.165) is 30.8 Å². The normalized spacial score (nSPS) is 26.6. The minimum Gasteiger partial charge on any atom is -0.302 e. The van der Waals surface area contributed by atoms with Gasteiger partial charge in [-0.2, -0.15) is 5.26 Å². The molecular weight excluding hydrogens is 274 g/mol. The van der Waals surface area contributed by atoms with Crippen molar-refractivity contribution < 1.29 is 0 Å². The zero-order valence-electron chi connectivity index (χ0n) is 12.1. The van der Waals surface area contributed by atoms with Gasteiger partial charge in [0.25, 0.3) is 0 Å². The van der Waals surface area contributed by atoms with Crippen molar-refractivity contribution in [1.29, 1.82) is 5.26 Å². The molecule has 0 amide bonds. The number of rotatable bonds is 4. The second kappa shape index (κ2) is 6.02. The van der Waals surface area contributed by atoms with Crippen LogP contribution in [0.15, 0.2) is 9.95 Å². The first-order valence-corrected chi connectivity index (χ1v) is 7.83. The number of H-pyrrole nitrogens is 1. The van der Waals surface area contributed by atoms with E-state index in [1.807, 2.05) is 20.9 Å². The number of thioether (sulfide) groups is 1. The van der Waals surface area contributed by atoms with Crippen LogP contribution in [0.5, 0.6) is 0 Å². The zero-order valence-corrected chi connectivity index (χ0v) is 13.0. The standard InChI is InChI=1S/C13H21N5OS/c1-9(2)18-11(19)16-17-12(18)20-10-5-4-6-13(7-10,8-14)15-3/h9-10,15H,4-7H2,1-3H3,(H,16,19).